The molecule has 0 radical (unpaired) electrons. The smallest absolute Gasteiger partial charge is 0.114 e. The van der Waals surface area contributed by atoms with E-state index in [4.69, 9.17) is 4.99 Å². The van der Waals surface area contributed by atoms with Crippen molar-refractivity contribution >= 4 is 29.6 Å². The van der Waals surface area contributed by atoms with Crippen molar-refractivity contribution < 1.29 is 0 Å². The molecule has 2 aromatic carbocycles. The summed E-state index contributed by atoms with van der Waals surface area (Å²) in [5, 5.41) is 0. The first-order valence-corrected chi connectivity index (χ1v) is 9.68. The molecule has 2 aromatic rings. The average Bonchev–Trinajstić information content (AvgIpc) is 3.34. The molecule has 3 nitrogen and oxygen atoms in total. The van der Waals surface area contributed by atoms with E-state index in [0.717, 1.165) is 25.9 Å². The highest BCUT2D eigenvalue weighted by atomic mass is 35.5. The molecule has 3 aliphatic rings. The monoisotopic (exact) mass is 379 g/mol. The summed E-state index contributed by atoms with van der Waals surface area (Å²) in [6, 6.07) is 17.7. The van der Waals surface area contributed by atoms with Gasteiger partial charge in [-0.1, -0.05) is 50.2 Å². The van der Waals surface area contributed by atoms with Crippen molar-refractivity contribution in [3.8, 4) is 0 Å². The van der Waals surface area contributed by atoms with E-state index in [1.807, 2.05) is 0 Å². The second-order valence-corrected chi connectivity index (χ2v) is 7.90. The van der Waals surface area contributed by atoms with Gasteiger partial charge in [-0.2, -0.15) is 0 Å². The topological polar surface area (TPSA) is 18.8 Å². The molecule has 0 aliphatic carbocycles. The van der Waals surface area contributed by atoms with Crippen LogP contribution in [0.5, 0.6) is 0 Å². The van der Waals surface area contributed by atoms with Crippen LogP contribution in [-0.2, 0) is 5.41 Å². The Kier molecular flexibility index (Phi) is 4.51. The van der Waals surface area contributed by atoms with E-state index in [1.54, 1.807) is 0 Å². The summed E-state index contributed by atoms with van der Waals surface area (Å²) in [7, 11) is 0. The number of nitrogens with zero attached hydrogens (tertiary/aromatic N) is 3. The number of hydrogen-bond acceptors (Lipinski definition) is 3. The van der Waals surface area contributed by atoms with Crippen LogP contribution >= 0.6 is 12.4 Å². The molecule has 140 valence electrons. The van der Waals surface area contributed by atoms with Crippen molar-refractivity contribution in [2.24, 2.45) is 4.99 Å². The van der Waals surface area contributed by atoms with Gasteiger partial charge < -0.3 is 4.90 Å². The van der Waals surface area contributed by atoms with E-state index in [2.05, 4.69) is 78.3 Å². The minimum absolute atomic E-state index is 0. The maximum Gasteiger partial charge on any atom is 0.114 e. The van der Waals surface area contributed by atoms with E-state index >= 15 is 0 Å². The van der Waals surface area contributed by atoms with Gasteiger partial charge in [0.1, 0.15) is 11.7 Å². The summed E-state index contributed by atoms with van der Waals surface area (Å²) in [4.78, 5) is 9.68. The van der Waals surface area contributed by atoms with Gasteiger partial charge >= 0.3 is 0 Å². The first-order valence-electron chi connectivity index (χ1n) is 9.68. The van der Waals surface area contributed by atoms with Gasteiger partial charge in [-0.15, -0.1) is 12.4 Å². The van der Waals surface area contributed by atoms with Crippen LogP contribution in [0.25, 0.3) is 0 Å². The highest BCUT2D eigenvalue weighted by molar-refractivity contribution is 5.89. The first-order chi connectivity index (χ1) is 12.7. The van der Waals surface area contributed by atoms with Crippen molar-refractivity contribution in [2.45, 2.75) is 38.5 Å². The van der Waals surface area contributed by atoms with Gasteiger partial charge in [-0.3, -0.25) is 9.89 Å². The van der Waals surface area contributed by atoms with Crippen molar-refractivity contribution in [3.63, 3.8) is 0 Å². The first kappa shape index (κ1) is 18.1. The van der Waals surface area contributed by atoms with Crippen molar-refractivity contribution in [3.05, 3.63) is 71.6 Å². The quantitative estimate of drug-likeness (QED) is 0.639. The Morgan fingerprint density at radius 1 is 0.926 bits per heavy atom. The Bertz CT molecular complexity index is 879. The molecule has 3 heterocycles. The second-order valence-electron chi connectivity index (χ2n) is 7.90. The van der Waals surface area contributed by atoms with Crippen LogP contribution in [0.4, 0.5) is 11.4 Å². The maximum atomic E-state index is 4.78. The highest BCUT2D eigenvalue weighted by Gasteiger charge is 2.39. The molecule has 4 heteroatoms. The number of rotatable bonds is 1. The molecule has 0 saturated carbocycles. The van der Waals surface area contributed by atoms with Crippen LogP contribution in [0.2, 0.25) is 0 Å². The van der Waals surface area contributed by atoms with E-state index in [1.165, 1.54) is 40.6 Å². The number of aliphatic imine (C=N–C) groups is 1. The number of para-hydroxylation sites is 2. The normalized spacial score (nSPS) is 19.8. The predicted octanol–water partition coefficient (Wildman–Crippen LogP) is 5.63. The van der Waals surface area contributed by atoms with E-state index in [9.17, 15) is 0 Å². The molecular formula is C23H26ClN3. The number of benzene rings is 2. The van der Waals surface area contributed by atoms with E-state index < -0.39 is 0 Å². The van der Waals surface area contributed by atoms with Gasteiger partial charge in [0.25, 0.3) is 0 Å². The second kappa shape index (κ2) is 6.72. The van der Waals surface area contributed by atoms with Gasteiger partial charge in [0.15, 0.2) is 0 Å². The number of hydrogen-bond donors (Lipinski definition) is 0. The molecule has 27 heavy (non-hydrogen) atoms. The summed E-state index contributed by atoms with van der Waals surface area (Å²) < 4.78 is 0. The number of amidine groups is 1. The molecule has 0 bridgehead atoms. The molecule has 0 atom stereocenters. The maximum absolute atomic E-state index is 4.78. The summed E-state index contributed by atoms with van der Waals surface area (Å²) in [5.74, 6) is 2.54. The predicted molar refractivity (Wildman–Crippen MR) is 115 cm³/mol. The minimum Gasteiger partial charge on any atom is -0.316 e. The van der Waals surface area contributed by atoms with Gasteiger partial charge in [0.2, 0.25) is 0 Å². The summed E-state index contributed by atoms with van der Waals surface area (Å²) in [6.07, 6.45) is 5.74. The van der Waals surface area contributed by atoms with E-state index in [-0.39, 0.29) is 17.8 Å². The Labute approximate surface area is 167 Å². The molecule has 5 rings (SSSR count). The van der Waals surface area contributed by atoms with Gasteiger partial charge in [0.05, 0.1) is 11.4 Å². The van der Waals surface area contributed by atoms with Crippen molar-refractivity contribution in [2.75, 3.05) is 18.0 Å². The Morgan fingerprint density at radius 2 is 1.56 bits per heavy atom. The Hall–Kier alpha value is -2.26. The third kappa shape index (κ3) is 2.68. The minimum atomic E-state index is -0.00143. The number of fused-ring (bicyclic) bond motifs is 2. The SMILES string of the molecule is CC1(C)c2ccccc2N(C2=CCCN2C2=NCCC2)c2ccccc21.Cl. The van der Waals surface area contributed by atoms with Crippen LogP contribution in [-0.4, -0.2) is 23.8 Å². The van der Waals surface area contributed by atoms with Crippen molar-refractivity contribution in [1.82, 2.24) is 4.90 Å². The lowest BCUT2D eigenvalue weighted by molar-refractivity contribution is 0.535. The zero-order chi connectivity index (χ0) is 17.7. The van der Waals surface area contributed by atoms with Crippen molar-refractivity contribution in [1.29, 1.82) is 0 Å². The van der Waals surface area contributed by atoms with Crippen LogP contribution < -0.4 is 4.90 Å². The highest BCUT2D eigenvalue weighted by Crippen LogP contribution is 2.51. The molecule has 0 unspecified atom stereocenters. The van der Waals surface area contributed by atoms with Crippen LogP contribution in [0.15, 0.2) is 65.4 Å². The lowest BCUT2D eigenvalue weighted by Crippen LogP contribution is -2.39. The standard InChI is InChI=1S/C23H25N3.ClH/c1-23(2)17-9-3-5-11-19(17)26(20-12-6-4-10-18(20)23)22-14-8-16-25(22)21-13-7-15-24-21;/h3-6,9-12,14H,7-8,13,15-16H2,1-2H3;1H. The molecule has 0 N–H and O–H groups in total. The fourth-order valence-electron chi connectivity index (χ4n) is 4.68. The molecule has 0 amide bonds. The molecular weight excluding hydrogens is 354 g/mol. The van der Waals surface area contributed by atoms with Gasteiger partial charge in [0, 0.05) is 24.9 Å². The van der Waals surface area contributed by atoms with E-state index in [0.29, 0.717) is 0 Å². The van der Waals surface area contributed by atoms with Gasteiger partial charge in [-0.25, -0.2) is 0 Å². The molecule has 0 saturated heterocycles. The Morgan fingerprint density at radius 3 is 2.15 bits per heavy atom. The van der Waals surface area contributed by atoms with Gasteiger partial charge in [-0.05, 0) is 42.2 Å². The third-order valence-electron chi connectivity index (χ3n) is 5.99. The fourth-order valence-corrected chi connectivity index (χ4v) is 4.68. The zero-order valence-electron chi connectivity index (χ0n) is 16.0. The van der Waals surface area contributed by atoms with Crippen LogP contribution in [0, 0.1) is 0 Å². The van der Waals surface area contributed by atoms with Crippen LogP contribution in [0.1, 0.15) is 44.2 Å². The number of halogens is 1. The summed E-state index contributed by atoms with van der Waals surface area (Å²) >= 11 is 0. The zero-order valence-corrected chi connectivity index (χ0v) is 16.8. The fraction of sp³-hybridized carbons (Fsp3) is 0.348. The lowest BCUT2D eigenvalue weighted by atomic mass is 9.73. The number of anilines is 2. The molecule has 3 aliphatic heterocycles. The molecule has 0 spiro atoms. The molecule has 0 fully saturated rings. The largest absolute Gasteiger partial charge is 0.316 e. The summed E-state index contributed by atoms with van der Waals surface area (Å²) in [6.45, 7) is 6.69. The Balaban J connectivity index is 0.00000180. The third-order valence-corrected chi connectivity index (χ3v) is 5.99. The van der Waals surface area contributed by atoms with Crippen LogP contribution in [0.3, 0.4) is 0 Å². The lowest BCUT2D eigenvalue weighted by Gasteiger charge is -2.44. The molecule has 0 aromatic heterocycles. The average molecular weight is 380 g/mol. The summed E-state index contributed by atoms with van der Waals surface area (Å²) in [5.41, 5.74) is 5.37.